The number of sulfonamides is 1. The molecule has 10 heteroatoms. The third-order valence-corrected chi connectivity index (χ3v) is 6.62. The summed E-state index contributed by atoms with van der Waals surface area (Å²) in [4.78, 5) is 27.5. The van der Waals surface area contributed by atoms with Crippen LogP contribution in [0.3, 0.4) is 0 Å². The van der Waals surface area contributed by atoms with Crippen molar-refractivity contribution in [3.63, 3.8) is 0 Å². The number of benzene rings is 2. The normalized spacial score (nSPS) is 13.2. The Hall–Kier alpha value is -2.65. The molecule has 0 heterocycles. The van der Waals surface area contributed by atoms with Gasteiger partial charge in [-0.3, -0.25) is 13.9 Å². The van der Waals surface area contributed by atoms with E-state index in [1.165, 1.54) is 17.0 Å². The maximum atomic E-state index is 13.4. The molecule has 0 radical (unpaired) electrons. The first-order chi connectivity index (χ1) is 15.4. The van der Waals surface area contributed by atoms with Crippen LogP contribution in [-0.4, -0.2) is 50.0 Å². The number of carbonyl (C=O) groups is 2. The maximum Gasteiger partial charge on any atom is 0.244 e. The molecule has 33 heavy (non-hydrogen) atoms. The summed E-state index contributed by atoms with van der Waals surface area (Å²) in [6, 6.07) is 10.7. The number of nitrogens with one attached hydrogen (secondary N) is 1. The van der Waals surface area contributed by atoms with Crippen molar-refractivity contribution >= 4 is 39.1 Å². The first-order valence-corrected chi connectivity index (χ1v) is 12.7. The summed E-state index contributed by atoms with van der Waals surface area (Å²) in [5.41, 5.74) is 0.874. The number of hydrogen-bond acceptors (Lipinski definition) is 4. The van der Waals surface area contributed by atoms with E-state index in [4.69, 9.17) is 11.6 Å². The van der Waals surface area contributed by atoms with E-state index >= 15 is 0 Å². The van der Waals surface area contributed by atoms with Gasteiger partial charge in [0.15, 0.2) is 0 Å². The number of amides is 2. The summed E-state index contributed by atoms with van der Waals surface area (Å²) in [5.74, 6) is -1.45. The molecule has 0 unspecified atom stereocenters. The van der Waals surface area contributed by atoms with Crippen LogP contribution in [-0.2, 0) is 26.2 Å². The van der Waals surface area contributed by atoms with E-state index < -0.39 is 34.3 Å². The molecule has 0 aromatic heterocycles. The van der Waals surface area contributed by atoms with Crippen molar-refractivity contribution in [3.8, 4) is 0 Å². The molecule has 2 amide bonds. The summed E-state index contributed by atoms with van der Waals surface area (Å²) in [7, 11) is -3.86. The second-order valence-electron chi connectivity index (χ2n) is 7.89. The fraction of sp³-hybridized carbons (Fsp3) is 0.391. The van der Waals surface area contributed by atoms with Gasteiger partial charge in [-0.2, -0.15) is 0 Å². The molecule has 0 aliphatic heterocycles. The molecule has 0 fully saturated rings. The largest absolute Gasteiger partial charge is 0.352 e. The Morgan fingerprint density at radius 2 is 1.64 bits per heavy atom. The Labute approximate surface area is 199 Å². The fourth-order valence-electron chi connectivity index (χ4n) is 3.06. The SMILES string of the molecule is CC[C@H](C)NC(=O)[C@@H](C)N(Cc1ccc(Cl)cc1)C(=O)CN(c1ccc(F)cc1)S(C)(=O)=O. The standard InChI is InChI=1S/C23H29ClFN3O4S/c1-5-16(2)26-23(30)17(3)27(14-18-6-8-19(24)9-7-18)22(29)15-28(33(4,31)32)21-12-10-20(25)11-13-21/h6-13,16-17H,5,14-15H2,1-4H3,(H,26,30)/t16-,17+/m0/s1. The average Bonchev–Trinajstić information content (AvgIpc) is 2.76. The van der Waals surface area contributed by atoms with Crippen LogP contribution in [0.1, 0.15) is 32.8 Å². The zero-order chi connectivity index (χ0) is 24.8. The average molecular weight is 498 g/mol. The second-order valence-corrected chi connectivity index (χ2v) is 10.2. The highest BCUT2D eigenvalue weighted by molar-refractivity contribution is 7.92. The summed E-state index contributed by atoms with van der Waals surface area (Å²) in [6.45, 7) is 4.91. The molecule has 0 bridgehead atoms. The number of rotatable bonds is 10. The van der Waals surface area contributed by atoms with Crippen molar-refractivity contribution in [1.82, 2.24) is 10.2 Å². The van der Waals surface area contributed by atoms with Crippen molar-refractivity contribution < 1.29 is 22.4 Å². The van der Waals surface area contributed by atoms with Crippen LogP contribution >= 0.6 is 11.6 Å². The molecule has 0 saturated carbocycles. The van der Waals surface area contributed by atoms with Crippen LogP contribution in [0, 0.1) is 5.82 Å². The highest BCUT2D eigenvalue weighted by Crippen LogP contribution is 2.20. The van der Waals surface area contributed by atoms with Gasteiger partial charge >= 0.3 is 0 Å². The number of nitrogens with zero attached hydrogens (tertiary/aromatic N) is 2. The quantitative estimate of drug-likeness (QED) is 0.543. The molecule has 0 aliphatic carbocycles. The van der Waals surface area contributed by atoms with Gasteiger partial charge in [0, 0.05) is 17.6 Å². The third-order valence-electron chi connectivity index (χ3n) is 5.23. The van der Waals surface area contributed by atoms with Gasteiger partial charge in [-0.05, 0) is 62.2 Å². The highest BCUT2D eigenvalue weighted by atomic mass is 35.5. The number of hydrogen-bond donors (Lipinski definition) is 1. The topological polar surface area (TPSA) is 86.8 Å². The van der Waals surface area contributed by atoms with Gasteiger partial charge < -0.3 is 10.2 Å². The van der Waals surface area contributed by atoms with Crippen molar-refractivity contribution in [1.29, 1.82) is 0 Å². The van der Waals surface area contributed by atoms with Gasteiger partial charge in [-0.15, -0.1) is 0 Å². The lowest BCUT2D eigenvalue weighted by Crippen LogP contribution is -2.52. The van der Waals surface area contributed by atoms with Crippen molar-refractivity contribution in [2.45, 2.75) is 45.8 Å². The smallest absolute Gasteiger partial charge is 0.244 e. The molecule has 2 aromatic carbocycles. The van der Waals surface area contributed by atoms with Gasteiger partial charge in [-0.25, -0.2) is 12.8 Å². The van der Waals surface area contributed by atoms with E-state index in [9.17, 15) is 22.4 Å². The number of carbonyl (C=O) groups excluding carboxylic acids is 2. The van der Waals surface area contributed by atoms with Crippen molar-refractivity contribution in [3.05, 3.63) is 64.9 Å². The van der Waals surface area contributed by atoms with E-state index in [0.717, 1.165) is 34.7 Å². The second kappa shape index (κ2) is 11.5. The van der Waals surface area contributed by atoms with Crippen LogP contribution in [0.5, 0.6) is 0 Å². The van der Waals surface area contributed by atoms with Gasteiger partial charge in [0.05, 0.1) is 11.9 Å². The van der Waals surface area contributed by atoms with Crippen LogP contribution in [0.25, 0.3) is 0 Å². The van der Waals surface area contributed by atoms with Crippen LogP contribution in [0.4, 0.5) is 10.1 Å². The minimum absolute atomic E-state index is 0.0755. The summed E-state index contributed by atoms with van der Waals surface area (Å²) < 4.78 is 39.1. The zero-order valence-corrected chi connectivity index (χ0v) is 20.7. The maximum absolute atomic E-state index is 13.4. The van der Waals surface area contributed by atoms with Crippen molar-refractivity contribution in [2.24, 2.45) is 0 Å². The van der Waals surface area contributed by atoms with Gasteiger partial charge in [0.2, 0.25) is 21.8 Å². The predicted molar refractivity (Wildman–Crippen MR) is 128 cm³/mol. The van der Waals surface area contributed by atoms with Crippen LogP contribution < -0.4 is 9.62 Å². The minimum atomic E-state index is -3.86. The molecular formula is C23H29ClFN3O4S. The molecule has 0 spiro atoms. The molecule has 180 valence electrons. The van der Waals surface area contributed by atoms with Crippen molar-refractivity contribution in [2.75, 3.05) is 17.1 Å². The summed E-state index contributed by atoms with van der Waals surface area (Å²) >= 11 is 5.95. The fourth-order valence-corrected chi connectivity index (χ4v) is 4.03. The Bertz CT molecular complexity index is 1060. The van der Waals surface area contributed by atoms with E-state index in [1.807, 2.05) is 13.8 Å². The first-order valence-electron chi connectivity index (χ1n) is 10.5. The first kappa shape index (κ1) is 26.6. The van der Waals surface area contributed by atoms with Crippen LogP contribution in [0.2, 0.25) is 5.02 Å². The summed E-state index contributed by atoms with van der Waals surface area (Å²) in [6.07, 6.45) is 1.68. The molecule has 2 rings (SSSR count). The molecule has 2 atom stereocenters. The number of halogens is 2. The van der Waals surface area contributed by atoms with E-state index in [0.29, 0.717) is 5.02 Å². The number of anilines is 1. The lowest BCUT2D eigenvalue weighted by molar-refractivity contribution is -0.139. The third kappa shape index (κ3) is 7.71. The van der Waals surface area contributed by atoms with Gasteiger partial charge in [-0.1, -0.05) is 30.7 Å². The van der Waals surface area contributed by atoms with Gasteiger partial charge in [0.1, 0.15) is 18.4 Å². The molecule has 2 aromatic rings. The summed E-state index contributed by atoms with van der Waals surface area (Å²) in [5, 5.41) is 3.38. The Balaban J connectivity index is 2.36. The lowest BCUT2D eigenvalue weighted by Gasteiger charge is -2.32. The van der Waals surface area contributed by atoms with E-state index in [-0.39, 0.29) is 24.2 Å². The Kier molecular flexibility index (Phi) is 9.25. The Morgan fingerprint density at radius 1 is 1.06 bits per heavy atom. The highest BCUT2D eigenvalue weighted by Gasteiger charge is 2.30. The molecular weight excluding hydrogens is 469 g/mol. The molecule has 1 N–H and O–H groups in total. The van der Waals surface area contributed by atoms with Crippen LogP contribution in [0.15, 0.2) is 48.5 Å². The van der Waals surface area contributed by atoms with E-state index in [1.54, 1.807) is 31.2 Å². The molecule has 0 aliphatic rings. The molecule has 7 nitrogen and oxygen atoms in total. The lowest BCUT2D eigenvalue weighted by atomic mass is 10.1. The monoisotopic (exact) mass is 497 g/mol. The molecule has 0 saturated heterocycles. The predicted octanol–water partition coefficient (Wildman–Crippen LogP) is 3.58. The minimum Gasteiger partial charge on any atom is -0.352 e. The van der Waals surface area contributed by atoms with Gasteiger partial charge in [0.25, 0.3) is 0 Å². The Morgan fingerprint density at radius 3 is 2.15 bits per heavy atom. The van der Waals surface area contributed by atoms with E-state index in [2.05, 4.69) is 5.32 Å². The zero-order valence-electron chi connectivity index (χ0n) is 19.1.